The smallest absolute Gasteiger partial charge is 0.314 e. The van der Waals surface area contributed by atoms with Crippen LogP contribution in [-0.2, 0) is 16.0 Å². The van der Waals surface area contributed by atoms with Gasteiger partial charge in [-0.25, -0.2) is 0 Å². The van der Waals surface area contributed by atoms with E-state index in [-0.39, 0.29) is 11.4 Å². The molecule has 2 aromatic carbocycles. The van der Waals surface area contributed by atoms with Gasteiger partial charge in [-0.2, -0.15) is 0 Å². The van der Waals surface area contributed by atoms with Gasteiger partial charge >= 0.3 is 11.8 Å². The van der Waals surface area contributed by atoms with Crippen LogP contribution in [0.5, 0.6) is 5.75 Å². The van der Waals surface area contributed by atoms with E-state index in [0.29, 0.717) is 10.7 Å². The predicted molar refractivity (Wildman–Crippen MR) is 95.4 cm³/mol. The van der Waals surface area contributed by atoms with Crippen LogP contribution in [0, 0.1) is 0 Å². The van der Waals surface area contributed by atoms with Crippen LogP contribution in [0.2, 0.25) is 5.02 Å². The second-order valence-corrected chi connectivity index (χ2v) is 5.81. The molecule has 2 amide bonds. The molecule has 0 saturated carbocycles. The molecule has 126 valence electrons. The lowest BCUT2D eigenvalue weighted by Gasteiger charge is -2.09. The molecule has 0 saturated heterocycles. The molecular weight excluding hydrogens is 328 g/mol. The van der Waals surface area contributed by atoms with Crippen molar-refractivity contribution in [2.75, 3.05) is 10.6 Å². The largest absolute Gasteiger partial charge is 0.506 e. The van der Waals surface area contributed by atoms with Gasteiger partial charge in [-0.3, -0.25) is 9.59 Å². The molecule has 3 N–H and O–H groups in total. The van der Waals surface area contributed by atoms with Crippen LogP contribution in [-0.4, -0.2) is 16.9 Å². The van der Waals surface area contributed by atoms with Crippen LogP contribution < -0.4 is 10.6 Å². The Morgan fingerprint density at radius 1 is 1.04 bits per heavy atom. The molecule has 0 atom stereocenters. The number of halogens is 1. The lowest BCUT2D eigenvalue weighted by molar-refractivity contribution is -0.133. The van der Waals surface area contributed by atoms with Crippen LogP contribution in [0.3, 0.4) is 0 Å². The van der Waals surface area contributed by atoms with E-state index in [1.807, 2.05) is 12.1 Å². The molecule has 0 radical (unpaired) electrons. The van der Waals surface area contributed by atoms with Gasteiger partial charge in [0.1, 0.15) is 5.75 Å². The highest BCUT2D eigenvalue weighted by molar-refractivity contribution is 6.44. The molecule has 0 aliphatic carbocycles. The summed E-state index contributed by atoms with van der Waals surface area (Å²) >= 11 is 5.80. The zero-order chi connectivity index (χ0) is 17.5. The highest BCUT2D eigenvalue weighted by atomic mass is 35.5. The molecule has 0 bridgehead atoms. The van der Waals surface area contributed by atoms with Crippen LogP contribution in [0.1, 0.15) is 25.3 Å². The Morgan fingerprint density at radius 3 is 2.38 bits per heavy atom. The molecule has 0 heterocycles. The molecule has 0 spiro atoms. The van der Waals surface area contributed by atoms with Crippen molar-refractivity contribution < 1.29 is 14.7 Å². The Morgan fingerprint density at radius 2 is 1.71 bits per heavy atom. The number of benzene rings is 2. The topological polar surface area (TPSA) is 78.4 Å². The van der Waals surface area contributed by atoms with Crippen LogP contribution in [0.4, 0.5) is 11.4 Å². The number of amides is 2. The Hall–Kier alpha value is -2.53. The molecule has 0 aliphatic heterocycles. The van der Waals surface area contributed by atoms with Crippen molar-refractivity contribution >= 4 is 34.8 Å². The lowest BCUT2D eigenvalue weighted by Crippen LogP contribution is -2.29. The van der Waals surface area contributed by atoms with Crippen LogP contribution >= 0.6 is 11.6 Å². The summed E-state index contributed by atoms with van der Waals surface area (Å²) in [6, 6.07) is 11.5. The van der Waals surface area contributed by atoms with Gasteiger partial charge in [-0.15, -0.1) is 0 Å². The Labute approximate surface area is 145 Å². The fourth-order valence-electron chi connectivity index (χ4n) is 2.11. The van der Waals surface area contributed by atoms with Crippen molar-refractivity contribution in [2.45, 2.75) is 26.2 Å². The van der Waals surface area contributed by atoms with E-state index in [1.54, 1.807) is 12.1 Å². The molecule has 0 unspecified atom stereocenters. The van der Waals surface area contributed by atoms with Crippen LogP contribution in [0.15, 0.2) is 42.5 Å². The molecule has 0 aromatic heterocycles. The van der Waals surface area contributed by atoms with E-state index in [1.165, 1.54) is 23.8 Å². The van der Waals surface area contributed by atoms with Crippen molar-refractivity contribution in [2.24, 2.45) is 0 Å². The summed E-state index contributed by atoms with van der Waals surface area (Å²) in [5.41, 5.74) is 1.80. The zero-order valence-corrected chi connectivity index (χ0v) is 14.1. The third kappa shape index (κ3) is 4.99. The summed E-state index contributed by atoms with van der Waals surface area (Å²) in [6.45, 7) is 2.13. The number of carbonyl (C=O) groups is 2. The van der Waals surface area contributed by atoms with Crippen molar-refractivity contribution in [1.29, 1.82) is 0 Å². The number of aromatic hydroxyl groups is 1. The number of aryl methyl sites for hydroxylation is 1. The molecular formula is C18H19ClN2O3. The van der Waals surface area contributed by atoms with Gasteiger partial charge < -0.3 is 15.7 Å². The van der Waals surface area contributed by atoms with E-state index >= 15 is 0 Å². The van der Waals surface area contributed by atoms with E-state index < -0.39 is 11.8 Å². The van der Waals surface area contributed by atoms with E-state index in [0.717, 1.165) is 19.3 Å². The SMILES string of the molecule is CCCCc1ccc(NC(=O)C(=O)Nc2cc(Cl)ccc2O)cc1. The summed E-state index contributed by atoms with van der Waals surface area (Å²) < 4.78 is 0. The van der Waals surface area contributed by atoms with Crippen molar-refractivity contribution in [3.05, 3.63) is 53.1 Å². The van der Waals surface area contributed by atoms with E-state index in [2.05, 4.69) is 17.6 Å². The summed E-state index contributed by atoms with van der Waals surface area (Å²) in [5.74, 6) is -1.88. The third-order valence-electron chi connectivity index (χ3n) is 3.44. The van der Waals surface area contributed by atoms with Gasteiger partial charge in [0, 0.05) is 10.7 Å². The van der Waals surface area contributed by atoms with Crippen molar-refractivity contribution in [1.82, 2.24) is 0 Å². The summed E-state index contributed by atoms with van der Waals surface area (Å²) in [5, 5.41) is 14.8. The first-order valence-corrected chi connectivity index (χ1v) is 8.07. The second kappa shape index (κ2) is 8.36. The minimum atomic E-state index is -0.886. The first-order chi connectivity index (χ1) is 11.5. The maximum absolute atomic E-state index is 11.9. The van der Waals surface area contributed by atoms with Crippen molar-refractivity contribution in [3.8, 4) is 5.75 Å². The first-order valence-electron chi connectivity index (χ1n) is 7.69. The molecule has 2 aromatic rings. The molecule has 6 heteroatoms. The molecule has 5 nitrogen and oxygen atoms in total. The van der Waals surface area contributed by atoms with Gasteiger partial charge in [-0.1, -0.05) is 37.1 Å². The monoisotopic (exact) mass is 346 g/mol. The molecule has 2 rings (SSSR count). The second-order valence-electron chi connectivity index (χ2n) is 5.37. The van der Waals surface area contributed by atoms with Crippen LogP contribution in [0.25, 0.3) is 0 Å². The number of anilines is 2. The maximum atomic E-state index is 11.9. The Bertz CT molecular complexity index is 730. The average Bonchev–Trinajstić information content (AvgIpc) is 2.57. The lowest BCUT2D eigenvalue weighted by atomic mass is 10.1. The minimum Gasteiger partial charge on any atom is -0.506 e. The number of phenols is 1. The van der Waals surface area contributed by atoms with Gasteiger partial charge in [0.15, 0.2) is 0 Å². The maximum Gasteiger partial charge on any atom is 0.314 e. The van der Waals surface area contributed by atoms with Gasteiger partial charge in [0.25, 0.3) is 0 Å². The summed E-state index contributed by atoms with van der Waals surface area (Å²) in [6.07, 6.45) is 3.21. The molecule has 0 aliphatic rings. The number of nitrogens with one attached hydrogen (secondary N) is 2. The third-order valence-corrected chi connectivity index (χ3v) is 3.68. The standard InChI is InChI=1S/C18H19ClN2O3/c1-2-3-4-12-5-8-14(9-6-12)20-17(23)18(24)21-15-11-13(19)7-10-16(15)22/h5-11,22H,2-4H2,1H3,(H,20,23)(H,21,24). The van der Waals surface area contributed by atoms with Gasteiger partial charge in [0.2, 0.25) is 0 Å². The van der Waals surface area contributed by atoms with Gasteiger partial charge in [-0.05, 0) is 48.7 Å². The number of hydrogen-bond donors (Lipinski definition) is 3. The highest BCUT2D eigenvalue weighted by Crippen LogP contribution is 2.26. The first kappa shape index (κ1) is 17.8. The highest BCUT2D eigenvalue weighted by Gasteiger charge is 2.16. The van der Waals surface area contributed by atoms with E-state index in [4.69, 9.17) is 11.6 Å². The zero-order valence-electron chi connectivity index (χ0n) is 13.3. The molecule has 24 heavy (non-hydrogen) atoms. The molecule has 0 fully saturated rings. The normalized spacial score (nSPS) is 10.2. The quantitative estimate of drug-likeness (QED) is 0.566. The summed E-state index contributed by atoms with van der Waals surface area (Å²) in [7, 11) is 0. The average molecular weight is 347 g/mol. The van der Waals surface area contributed by atoms with Crippen molar-refractivity contribution in [3.63, 3.8) is 0 Å². The Balaban J connectivity index is 1.96. The van der Waals surface area contributed by atoms with E-state index in [9.17, 15) is 14.7 Å². The Kier molecular flexibility index (Phi) is 6.21. The summed E-state index contributed by atoms with van der Waals surface area (Å²) in [4.78, 5) is 23.8. The number of phenolic OH excluding ortho intramolecular Hbond substituents is 1. The van der Waals surface area contributed by atoms with Gasteiger partial charge in [0.05, 0.1) is 5.69 Å². The minimum absolute atomic E-state index is 0.0811. The fraction of sp³-hybridized carbons (Fsp3) is 0.222. The number of carbonyl (C=O) groups excluding carboxylic acids is 2. The fourth-order valence-corrected chi connectivity index (χ4v) is 2.28. The number of unbranched alkanes of at least 4 members (excludes halogenated alkanes) is 1. The predicted octanol–water partition coefficient (Wildman–Crippen LogP) is 3.97. The number of hydrogen-bond acceptors (Lipinski definition) is 3. The number of rotatable bonds is 5.